The molecule has 0 aliphatic heterocycles. The SMILES string of the molecule is CC(Cl)c1cnc(N(C)C(=O)OC(C)(C)C)nc1.[B][B]B([B])B(B([B])[B])B([B])[B]. The van der Waals surface area contributed by atoms with Crippen LogP contribution in [0.4, 0.5) is 10.7 Å². The van der Waals surface area contributed by atoms with E-state index in [9.17, 15) is 4.79 Å². The minimum atomic E-state index is -0.648. The summed E-state index contributed by atoms with van der Waals surface area (Å²) in [6.07, 6.45) is 0.556. The number of amides is 1. The standard InChI is InChI=1S/C12H18ClN3O2.B11/c1-8(13)9-6-14-10(15-7-9)16(5)11(17)18-12(2,3)4;1-7-10(6)11(8(2)3)9(4)5/h6-8H,1-5H3;. The van der Waals surface area contributed by atoms with E-state index in [-0.39, 0.29) is 17.7 Å². The van der Waals surface area contributed by atoms with Gasteiger partial charge >= 0.3 is 6.09 Å². The number of nitrogens with zero attached hydrogens (tertiary/aromatic N) is 3. The summed E-state index contributed by atoms with van der Waals surface area (Å²) in [6.45, 7) is 7.24. The second-order valence-corrected chi connectivity index (χ2v) is 8.13. The highest BCUT2D eigenvalue weighted by Gasteiger charge is 2.26. The average molecular weight is 391 g/mol. The van der Waals surface area contributed by atoms with Crippen molar-refractivity contribution in [2.24, 2.45) is 0 Å². The maximum atomic E-state index is 11.8. The van der Waals surface area contributed by atoms with Gasteiger partial charge < -0.3 is 4.74 Å². The summed E-state index contributed by atoms with van der Waals surface area (Å²) in [5.74, 6) is 0.283. The minimum absolute atomic E-state index is 0.161. The van der Waals surface area contributed by atoms with Crippen LogP contribution in [0.15, 0.2) is 12.4 Å². The Morgan fingerprint density at radius 1 is 1.17 bits per heavy atom. The first-order valence-electron chi connectivity index (χ1n) is 8.97. The molecule has 1 aromatic rings. The quantitative estimate of drug-likeness (QED) is 0.460. The molecule has 0 saturated carbocycles. The Labute approximate surface area is 190 Å². The summed E-state index contributed by atoms with van der Waals surface area (Å²) in [4.78, 5) is 21.2. The molecule has 29 heavy (non-hydrogen) atoms. The van der Waals surface area contributed by atoms with Crippen molar-refractivity contribution in [1.82, 2.24) is 9.97 Å². The zero-order chi connectivity index (χ0) is 22.9. The second-order valence-electron chi connectivity index (χ2n) is 7.47. The van der Waals surface area contributed by atoms with Crippen LogP contribution in [0.2, 0.25) is 0 Å². The summed E-state index contributed by atoms with van der Waals surface area (Å²) >= 11 is 5.90. The Morgan fingerprint density at radius 2 is 1.62 bits per heavy atom. The Balaban J connectivity index is 0.000000614. The van der Waals surface area contributed by atoms with Gasteiger partial charge in [0, 0.05) is 104 Å². The van der Waals surface area contributed by atoms with Crippen molar-refractivity contribution >= 4 is 103 Å². The third kappa shape index (κ3) is 10.8. The monoisotopic (exact) mass is 392 g/mol. The number of hydrogen-bond donors (Lipinski definition) is 0. The highest BCUT2D eigenvalue weighted by molar-refractivity contribution is 8.01. The number of hydrogen-bond acceptors (Lipinski definition) is 4. The lowest BCUT2D eigenvalue weighted by Crippen LogP contribution is -2.63. The second kappa shape index (κ2) is 12.9. The third-order valence-electron chi connectivity index (χ3n) is 3.64. The first kappa shape index (κ1) is 28.4. The maximum absolute atomic E-state index is 11.8. The molecule has 1 amide bonds. The molecule has 0 aromatic carbocycles. The molecule has 17 heteroatoms. The molecule has 0 bridgehead atoms. The third-order valence-corrected chi connectivity index (χ3v) is 3.89. The van der Waals surface area contributed by atoms with Crippen molar-refractivity contribution in [2.45, 2.75) is 38.7 Å². The van der Waals surface area contributed by atoms with Crippen molar-refractivity contribution < 1.29 is 9.53 Å². The number of ether oxygens (including phenoxy) is 1. The Bertz CT molecular complexity index is 610. The van der Waals surface area contributed by atoms with Gasteiger partial charge in [0.1, 0.15) is 5.60 Å². The fourth-order valence-electron chi connectivity index (χ4n) is 2.02. The first-order valence-corrected chi connectivity index (χ1v) is 9.40. The molecule has 1 atom stereocenters. The largest absolute Gasteiger partial charge is 0.443 e. The van der Waals surface area contributed by atoms with Gasteiger partial charge in [-0.25, -0.2) is 19.7 Å². The normalized spacial score (nSPS) is 11.2. The molecular formula is C12H18B11ClN3O2. The van der Waals surface area contributed by atoms with Gasteiger partial charge in [0.15, 0.2) is 0 Å². The van der Waals surface area contributed by atoms with Crippen molar-refractivity contribution in [3.05, 3.63) is 18.0 Å². The number of carbonyl (C=O) groups is 1. The van der Waals surface area contributed by atoms with Crippen LogP contribution in [-0.2, 0) is 4.74 Å². The van der Waals surface area contributed by atoms with Crippen LogP contribution in [0.3, 0.4) is 0 Å². The molecule has 1 unspecified atom stereocenters. The van der Waals surface area contributed by atoms with E-state index < -0.39 is 30.8 Å². The van der Waals surface area contributed by atoms with E-state index in [1.165, 1.54) is 12.0 Å². The number of rotatable bonds is 6. The molecule has 133 valence electrons. The van der Waals surface area contributed by atoms with E-state index in [1.807, 2.05) is 6.92 Å². The van der Waals surface area contributed by atoms with Crippen molar-refractivity contribution in [3.63, 3.8) is 0 Å². The molecule has 0 fully saturated rings. The zero-order valence-corrected chi connectivity index (χ0v) is 18.4. The summed E-state index contributed by atoms with van der Waals surface area (Å²) in [7, 11) is 35.0. The van der Waals surface area contributed by atoms with Crippen LogP contribution >= 0.6 is 11.6 Å². The van der Waals surface area contributed by atoms with Gasteiger partial charge in [-0.2, -0.15) is 0 Å². The molecular weight excluding hydrogens is 373 g/mol. The van der Waals surface area contributed by atoms with E-state index in [0.717, 1.165) is 5.56 Å². The Hall–Kier alpha value is -0.646. The highest BCUT2D eigenvalue weighted by atomic mass is 35.5. The average Bonchev–Trinajstić information content (AvgIpc) is 2.59. The van der Waals surface area contributed by atoms with Crippen molar-refractivity contribution in [2.75, 3.05) is 11.9 Å². The molecule has 0 aliphatic rings. The number of carbonyl (C=O) groups excluding carboxylic acids is 1. The topological polar surface area (TPSA) is 55.3 Å². The Kier molecular flexibility index (Phi) is 12.6. The van der Waals surface area contributed by atoms with E-state index in [1.54, 1.807) is 40.2 Å². The molecule has 0 saturated heterocycles. The van der Waals surface area contributed by atoms with Crippen LogP contribution in [0, 0.1) is 0 Å². The number of halogens is 1. The van der Waals surface area contributed by atoms with Crippen molar-refractivity contribution in [3.8, 4) is 0 Å². The maximum Gasteiger partial charge on any atom is 0.416 e. The summed E-state index contributed by atoms with van der Waals surface area (Å²) < 4.78 is 5.21. The van der Waals surface area contributed by atoms with Gasteiger partial charge in [0.2, 0.25) is 5.95 Å². The fraction of sp³-hybridized carbons (Fsp3) is 0.583. The van der Waals surface area contributed by atoms with Gasteiger partial charge in [-0.3, -0.25) is 0 Å². The molecule has 0 N–H and O–H groups in total. The van der Waals surface area contributed by atoms with Gasteiger partial charge in [-0.15, -0.1) is 11.6 Å². The summed E-state index contributed by atoms with van der Waals surface area (Å²) in [6, 6.07) is 0. The van der Waals surface area contributed by atoms with Crippen LogP contribution in [0.5, 0.6) is 0 Å². The number of alkyl halides is 1. The van der Waals surface area contributed by atoms with Crippen LogP contribution in [-0.4, -0.2) is 108 Å². The van der Waals surface area contributed by atoms with E-state index in [4.69, 9.17) is 62.8 Å². The van der Waals surface area contributed by atoms with Gasteiger partial charge in [0.05, 0.1) is 5.38 Å². The molecule has 1 aromatic heterocycles. The summed E-state index contributed by atoms with van der Waals surface area (Å²) in [5, 5.41) is -0.161. The minimum Gasteiger partial charge on any atom is -0.443 e. The van der Waals surface area contributed by atoms with Gasteiger partial charge in [-0.1, -0.05) is 0 Å². The molecule has 5 nitrogen and oxygen atoms in total. The predicted octanol–water partition coefficient (Wildman–Crippen LogP) is -1.04. The first-order chi connectivity index (χ1) is 13.2. The molecule has 0 aliphatic carbocycles. The highest BCUT2D eigenvalue weighted by Crippen LogP contribution is 2.19. The summed E-state index contributed by atoms with van der Waals surface area (Å²) in [5.41, 5.74) is 0.258. The van der Waals surface area contributed by atoms with E-state index >= 15 is 0 Å². The van der Waals surface area contributed by atoms with Crippen molar-refractivity contribution in [1.29, 1.82) is 0 Å². The lowest BCUT2D eigenvalue weighted by molar-refractivity contribution is 0.0587. The van der Waals surface area contributed by atoms with Crippen LogP contribution in [0.1, 0.15) is 38.6 Å². The lowest BCUT2D eigenvalue weighted by Gasteiger charge is -2.25. The van der Waals surface area contributed by atoms with Crippen LogP contribution in [0.25, 0.3) is 0 Å². The smallest absolute Gasteiger partial charge is 0.416 e. The molecule has 1 heterocycles. The van der Waals surface area contributed by atoms with E-state index in [2.05, 4.69) is 9.97 Å². The molecule has 13 radical (unpaired) electrons. The zero-order valence-electron chi connectivity index (χ0n) is 17.6. The molecule has 1 rings (SSSR count). The van der Waals surface area contributed by atoms with E-state index in [0.29, 0.717) is 0 Å². The number of anilines is 1. The fourth-order valence-corrected chi connectivity index (χ4v) is 2.13. The number of aromatic nitrogens is 2. The molecule has 0 spiro atoms. The Morgan fingerprint density at radius 3 is 1.90 bits per heavy atom. The van der Waals surface area contributed by atoms with Gasteiger partial charge in [-0.05, 0) is 27.7 Å². The van der Waals surface area contributed by atoms with Gasteiger partial charge in [0.25, 0.3) is 0 Å². The lowest BCUT2D eigenvalue weighted by atomic mass is 8.56. The predicted molar refractivity (Wildman–Crippen MR) is 134 cm³/mol. The van der Waals surface area contributed by atoms with Crippen LogP contribution < -0.4 is 4.90 Å².